The van der Waals surface area contributed by atoms with Gasteiger partial charge in [-0.2, -0.15) is 0 Å². The molecular formula is C12H12ClNOS. The van der Waals surface area contributed by atoms with Crippen LogP contribution < -0.4 is 5.32 Å². The number of anilines is 1. The highest BCUT2D eigenvalue weighted by Gasteiger charge is 2.26. The van der Waals surface area contributed by atoms with Crippen LogP contribution in [-0.4, -0.2) is 17.5 Å². The highest BCUT2D eigenvalue weighted by atomic mass is 35.5. The van der Waals surface area contributed by atoms with Crippen molar-refractivity contribution in [2.45, 2.75) is 12.8 Å². The number of rotatable bonds is 1. The fourth-order valence-corrected chi connectivity index (χ4v) is 3.76. The predicted octanol–water partition coefficient (Wildman–Crippen LogP) is 3.66. The molecule has 0 spiro atoms. The minimum atomic E-state index is 0.359. The maximum atomic E-state index is 9.94. The van der Waals surface area contributed by atoms with Gasteiger partial charge in [0.25, 0.3) is 0 Å². The Morgan fingerprint density at radius 3 is 3.12 bits per heavy atom. The molecule has 1 atom stereocenters. The first kappa shape index (κ1) is 10.2. The zero-order chi connectivity index (χ0) is 11.3. The Bertz CT molecular complexity index is 564. The van der Waals surface area contributed by atoms with Crippen molar-refractivity contribution in [2.24, 2.45) is 0 Å². The van der Waals surface area contributed by atoms with Crippen molar-refractivity contribution in [3.8, 4) is 5.75 Å². The number of hydrogen-bond acceptors (Lipinski definition) is 3. The summed E-state index contributed by atoms with van der Waals surface area (Å²) in [6.07, 6.45) is 0. The Kier molecular flexibility index (Phi) is 2.26. The Balaban J connectivity index is 2.36. The molecule has 16 heavy (non-hydrogen) atoms. The molecule has 2 N–H and O–H groups in total. The molecule has 1 aromatic heterocycles. The molecule has 3 rings (SSSR count). The van der Waals surface area contributed by atoms with Crippen molar-refractivity contribution in [1.82, 2.24) is 0 Å². The van der Waals surface area contributed by atoms with E-state index in [0.29, 0.717) is 17.5 Å². The number of phenols is 1. The SMILES string of the molecule is Cc1cc2c(O)cc3c(c2s1)[C@H](CCl)CN3. The molecule has 2 aromatic rings. The van der Waals surface area contributed by atoms with Gasteiger partial charge in [0.1, 0.15) is 5.75 Å². The third-order valence-corrected chi connectivity index (χ3v) is 4.54. The van der Waals surface area contributed by atoms with Gasteiger partial charge in [0.2, 0.25) is 0 Å². The summed E-state index contributed by atoms with van der Waals surface area (Å²) < 4.78 is 1.18. The molecule has 0 aliphatic carbocycles. The number of aromatic hydroxyl groups is 1. The van der Waals surface area contributed by atoms with Crippen molar-refractivity contribution in [1.29, 1.82) is 0 Å². The zero-order valence-electron chi connectivity index (χ0n) is 8.88. The maximum absolute atomic E-state index is 9.94. The smallest absolute Gasteiger partial charge is 0.126 e. The van der Waals surface area contributed by atoms with Gasteiger partial charge in [0.05, 0.1) is 0 Å². The number of alkyl halides is 1. The summed E-state index contributed by atoms with van der Waals surface area (Å²) in [5.41, 5.74) is 2.32. The van der Waals surface area contributed by atoms with Gasteiger partial charge >= 0.3 is 0 Å². The van der Waals surface area contributed by atoms with Crippen LogP contribution in [0.5, 0.6) is 5.75 Å². The predicted molar refractivity (Wildman–Crippen MR) is 70.2 cm³/mol. The molecule has 1 aliphatic heterocycles. The van der Waals surface area contributed by atoms with Gasteiger partial charge in [0.15, 0.2) is 0 Å². The molecule has 4 heteroatoms. The van der Waals surface area contributed by atoms with E-state index in [4.69, 9.17) is 11.6 Å². The Morgan fingerprint density at radius 1 is 1.56 bits per heavy atom. The van der Waals surface area contributed by atoms with E-state index < -0.39 is 0 Å². The molecule has 0 unspecified atom stereocenters. The Hall–Kier alpha value is -0.930. The molecule has 0 saturated carbocycles. The lowest BCUT2D eigenvalue weighted by molar-refractivity contribution is 0.482. The van der Waals surface area contributed by atoms with Crippen LogP contribution in [-0.2, 0) is 0 Å². The first-order chi connectivity index (χ1) is 7.70. The molecule has 84 valence electrons. The largest absolute Gasteiger partial charge is 0.507 e. The van der Waals surface area contributed by atoms with Gasteiger partial charge in [-0.15, -0.1) is 22.9 Å². The van der Waals surface area contributed by atoms with Crippen LogP contribution in [0.15, 0.2) is 12.1 Å². The molecule has 0 amide bonds. The van der Waals surface area contributed by atoms with Crippen molar-refractivity contribution < 1.29 is 5.11 Å². The van der Waals surface area contributed by atoms with Crippen molar-refractivity contribution in [3.63, 3.8) is 0 Å². The fraction of sp³-hybridized carbons (Fsp3) is 0.333. The lowest BCUT2D eigenvalue weighted by Crippen LogP contribution is -2.02. The van der Waals surface area contributed by atoms with Crippen LogP contribution in [0.2, 0.25) is 0 Å². The molecule has 0 saturated heterocycles. The molecule has 0 fully saturated rings. The number of nitrogens with one attached hydrogen (secondary N) is 1. The number of aryl methyl sites for hydroxylation is 1. The molecule has 0 bridgehead atoms. The van der Waals surface area contributed by atoms with E-state index in [1.165, 1.54) is 15.1 Å². The first-order valence-electron chi connectivity index (χ1n) is 5.26. The molecule has 2 nitrogen and oxygen atoms in total. The van der Waals surface area contributed by atoms with Crippen LogP contribution in [0, 0.1) is 6.92 Å². The van der Waals surface area contributed by atoms with E-state index in [1.807, 2.05) is 12.1 Å². The molecular weight excluding hydrogens is 242 g/mol. The van der Waals surface area contributed by atoms with E-state index >= 15 is 0 Å². The average molecular weight is 254 g/mol. The van der Waals surface area contributed by atoms with E-state index in [0.717, 1.165) is 17.6 Å². The van der Waals surface area contributed by atoms with Gasteiger partial charge in [-0.3, -0.25) is 0 Å². The van der Waals surface area contributed by atoms with E-state index in [-0.39, 0.29) is 0 Å². The van der Waals surface area contributed by atoms with Crippen LogP contribution in [0.3, 0.4) is 0 Å². The molecule has 1 aromatic carbocycles. The lowest BCUT2D eigenvalue weighted by atomic mass is 10.0. The topological polar surface area (TPSA) is 32.3 Å². The van der Waals surface area contributed by atoms with Gasteiger partial charge in [-0.25, -0.2) is 0 Å². The highest BCUT2D eigenvalue weighted by molar-refractivity contribution is 7.19. The number of fused-ring (bicyclic) bond motifs is 3. The minimum Gasteiger partial charge on any atom is -0.507 e. The monoisotopic (exact) mass is 253 g/mol. The number of thiophene rings is 1. The van der Waals surface area contributed by atoms with Gasteiger partial charge in [-0.1, -0.05) is 0 Å². The minimum absolute atomic E-state index is 0.359. The fourth-order valence-electron chi connectivity index (χ4n) is 2.34. The number of hydrogen-bond donors (Lipinski definition) is 2. The number of halogens is 1. The summed E-state index contributed by atoms with van der Waals surface area (Å²) in [5, 5.41) is 14.2. The first-order valence-corrected chi connectivity index (χ1v) is 6.61. The second-order valence-corrected chi connectivity index (χ2v) is 5.75. The number of phenolic OH excluding ortho intramolecular Hbond substituents is 1. The highest BCUT2D eigenvalue weighted by Crippen LogP contribution is 2.45. The Labute approximate surface area is 103 Å². The number of benzene rings is 1. The average Bonchev–Trinajstić information content (AvgIpc) is 2.80. The summed E-state index contributed by atoms with van der Waals surface area (Å²) in [4.78, 5) is 1.22. The zero-order valence-corrected chi connectivity index (χ0v) is 10.5. The summed E-state index contributed by atoms with van der Waals surface area (Å²) in [7, 11) is 0. The maximum Gasteiger partial charge on any atom is 0.126 e. The normalized spacial score (nSPS) is 18.8. The van der Waals surface area contributed by atoms with Crippen LogP contribution in [0.4, 0.5) is 5.69 Å². The van der Waals surface area contributed by atoms with Crippen molar-refractivity contribution in [2.75, 3.05) is 17.7 Å². The molecule has 0 radical (unpaired) electrons. The van der Waals surface area contributed by atoms with E-state index in [2.05, 4.69) is 12.2 Å². The quantitative estimate of drug-likeness (QED) is 0.761. The van der Waals surface area contributed by atoms with Gasteiger partial charge in [0, 0.05) is 45.1 Å². The van der Waals surface area contributed by atoms with Crippen LogP contribution >= 0.6 is 22.9 Å². The van der Waals surface area contributed by atoms with Gasteiger partial charge in [-0.05, 0) is 18.6 Å². The Morgan fingerprint density at radius 2 is 2.38 bits per heavy atom. The van der Waals surface area contributed by atoms with Crippen LogP contribution in [0.25, 0.3) is 10.1 Å². The second-order valence-electron chi connectivity index (χ2n) is 4.19. The van der Waals surface area contributed by atoms with E-state index in [1.54, 1.807) is 11.3 Å². The third kappa shape index (κ3) is 1.31. The summed E-state index contributed by atoms with van der Waals surface area (Å²) >= 11 is 7.72. The lowest BCUT2D eigenvalue weighted by Gasteiger charge is -2.07. The molecule has 2 heterocycles. The molecule has 1 aliphatic rings. The standard InChI is InChI=1S/C12H12ClNOS/c1-6-2-8-10(15)3-9-11(12(8)16-6)7(4-13)5-14-9/h2-3,7,14-15H,4-5H2,1H3/t7-/m1/s1. The van der Waals surface area contributed by atoms with Gasteiger partial charge < -0.3 is 10.4 Å². The second kappa shape index (κ2) is 3.54. The third-order valence-electron chi connectivity index (χ3n) is 3.08. The van der Waals surface area contributed by atoms with Crippen LogP contribution in [0.1, 0.15) is 16.4 Å². The summed E-state index contributed by atoms with van der Waals surface area (Å²) in [5.74, 6) is 1.34. The summed E-state index contributed by atoms with van der Waals surface area (Å²) in [6.45, 7) is 2.93. The van der Waals surface area contributed by atoms with Crippen molar-refractivity contribution in [3.05, 3.63) is 22.6 Å². The van der Waals surface area contributed by atoms with Crippen molar-refractivity contribution >= 4 is 38.7 Å². The van der Waals surface area contributed by atoms with E-state index in [9.17, 15) is 5.11 Å². The summed E-state index contributed by atoms with van der Waals surface area (Å²) in [6, 6.07) is 3.86.